The van der Waals surface area contributed by atoms with Gasteiger partial charge >= 0.3 is 0 Å². The molecule has 1 rings (SSSR count). The van der Waals surface area contributed by atoms with Crippen LogP contribution < -0.4 is 16.4 Å². The molecule has 21 heavy (non-hydrogen) atoms. The summed E-state index contributed by atoms with van der Waals surface area (Å²) in [5, 5.41) is 6.20. The van der Waals surface area contributed by atoms with E-state index >= 15 is 0 Å². The van der Waals surface area contributed by atoms with Gasteiger partial charge in [-0.25, -0.2) is 0 Å². The van der Waals surface area contributed by atoms with Gasteiger partial charge in [0, 0.05) is 18.2 Å². The lowest BCUT2D eigenvalue weighted by Crippen LogP contribution is -2.23. The maximum Gasteiger partial charge on any atom is 0.251 e. The van der Waals surface area contributed by atoms with E-state index in [0.29, 0.717) is 23.8 Å². The quantitative estimate of drug-likeness (QED) is 0.640. The van der Waals surface area contributed by atoms with Crippen LogP contribution in [0.15, 0.2) is 18.2 Å². The minimum atomic E-state index is -0.0827. The van der Waals surface area contributed by atoms with Gasteiger partial charge in [-0.2, -0.15) is 0 Å². The average molecular weight is 291 g/mol. The molecule has 0 fully saturated rings. The van der Waals surface area contributed by atoms with Gasteiger partial charge in [-0.3, -0.25) is 4.79 Å². The van der Waals surface area contributed by atoms with Gasteiger partial charge in [-0.15, -0.1) is 0 Å². The van der Waals surface area contributed by atoms with Gasteiger partial charge < -0.3 is 16.4 Å². The summed E-state index contributed by atoms with van der Waals surface area (Å²) in [5.74, 6) is 0.666. The Balaban J connectivity index is 2.58. The van der Waals surface area contributed by atoms with Crippen LogP contribution in [0.25, 0.3) is 0 Å². The molecule has 118 valence electrons. The Morgan fingerprint density at radius 2 is 1.95 bits per heavy atom. The molecule has 0 radical (unpaired) electrons. The van der Waals surface area contributed by atoms with Crippen LogP contribution in [0.2, 0.25) is 0 Å². The molecule has 0 aliphatic heterocycles. The van der Waals surface area contributed by atoms with E-state index in [4.69, 9.17) is 5.73 Å². The van der Waals surface area contributed by atoms with Gasteiger partial charge in [0.25, 0.3) is 5.91 Å². The second-order valence-corrected chi connectivity index (χ2v) is 6.03. The third-order valence-corrected chi connectivity index (χ3v) is 3.47. The maximum absolute atomic E-state index is 11.7. The number of carbonyl (C=O) groups excluding carboxylic acids is 1. The molecule has 0 aliphatic carbocycles. The Labute approximate surface area is 128 Å². The van der Waals surface area contributed by atoms with Crippen molar-refractivity contribution >= 4 is 17.3 Å². The smallest absolute Gasteiger partial charge is 0.251 e. The van der Waals surface area contributed by atoms with Crippen molar-refractivity contribution in [1.29, 1.82) is 0 Å². The number of rotatable bonds is 8. The van der Waals surface area contributed by atoms with Crippen molar-refractivity contribution in [3.8, 4) is 0 Å². The Bertz CT molecular complexity index is 457. The number of benzene rings is 1. The molecule has 1 amide bonds. The number of nitrogen functional groups attached to an aromatic ring is 1. The first-order chi connectivity index (χ1) is 9.93. The predicted octanol–water partition coefficient (Wildman–Crippen LogP) is 3.65. The topological polar surface area (TPSA) is 67.2 Å². The Hall–Kier alpha value is -1.71. The van der Waals surface area contributed by atoms with Crippen molar-refractivity contribution in [3.05, 3.63) is 23.8 Å². The molecule has 0 aromatic heterocycles. The highest BCUT2D eigenvalue weighted by Gasteiger charge is 2.09. The highest BCUT2D eigenvalue weighted by Crippen LogP contribution is 2.22. The SMILES string of the molecule is CCNC(=O)c1ccc(NC(C)CCCC(C)C)c(N)c1. The Kier molecular flexibility index (Phi) is 7.06. The fraction of sp³-hybridized carbons (Fsp3) is 0.588. The standard InChI is InChI=1S/C17H29N3O/c1-5-19-17(21)14-9-10-16(15(18)11-14)20-13(4)8-6-7-12(2)3/h9-13,20H,5-8,18H2,1-4H3,(H,19,21). The number of nitrogens with one attached hydrogen (secondary N) is 2. The molecule has 4 N–H and O–H groups in total. The highest BCUT2D eigenvalue weighted by atomic mass is 16.1. The van der Waals surface area contributed by atoms with E-state index in [1.54, 1.807) is 6.07 Å². The average Bonchev–Trinajstić information content (AvgIpc) is 2.41. The molecule has 0 saturated carbocycles. The van der Waals surface area contributed by atoms with Crippen LogP contribution in [-0.2, 0) is 0 Å². The summed E-state index contributed by atoms with van der Waals surface area (Å²) in [6.07, 6.45) is 3.58. The third-order valence-electron chi connectivity index (χ3n) is 3.47. The first-order valence-electron chi connectivity index (χ1n) is 7.88. The van der Waals surface area contributed by atoms with Gasteiger partial charge in [0.15, 0.2) is 0 Å². The maximum atomic E-state index is 11.7. The minimum absolute atomic E-state index is 0.0827. The summed E-state index contributed by atoms with van der Waals surface area (Å²) in [6.45, 7) is 9.17. The first kappa shape index (κ1) is 17.3. The van der Waals surface area contributed by atoms with Gasteiger partial charge in [0.05, 0.1) is 11.4 Å². The summed E-state index contributed by atoms with van der Waals surface area (Å²) in [6, 6.07) is 5.80. The molecule has 1 atom stereocenters. The van der Waals surface area contributed by atoms with Crippen LogP contribution in [0.1, 0.15) is 57.3 Å². The van der Waals surface area contributed by atoms with Crippen molar-refractivity contribution < 1.29 is 4.79 Å². The predicted molar refractivity (Wildman–Crippen MR) is 90.6 cm³/mol. The molecule has 0 heterocycles. The summed E-state index contributed by atoms with van der Waals surface area (Å²) in [7, 11) is 0. The number of carbonyl (C=O) groups is 1. The monoisotopic (exact) mass is 291 g/mol. The molecular weight excluding hydrogens is 262 g/mol. The zero-order valence-electron chi connectivity index (χ0n) is 13.7. The summed E-state index contributed by atoms with van der Waals surface area (Å²) in [4.78, 5) is 11.7. The highest BCUT2D eigenvalue weighted by molar-refractivity contribution is 5.96. The van der Waals surface area contributed by atoms with E-state index < -0.39 is 0 Å². The summed E-state index contributed by atoms with van der Waals surface area (Å²) in [5.41, 5.74) is 8.16. The zero-order chi connectivity index (χ0) is 15.8. The van der Waals surface area contributed by atoms with Crippen LogP contribution in [0.4, 0.5) is 11.4 Å². The van der Waals surface area contributed by atoms with Gasteiger partial charge in [0.2, 0.25) is 0 Å². The van der Waals surface area contributed by atoms with E-state index in [9.17, 15) is 4.79 Å². The number of anilines is 2. The fourth-order valence-electron chi connectivity index (χ4n) is 2.27. The molecule has 4 heteroatoms. The van der Waals surface area contributed by atoms with Crippen molar-refractivity contribution in [3.63, 3.8) is 0 Å². The van der Waals surface area contributed by atoms with Crippen molar-refractivity contribution in [2.75, 3.05) is 17.6 Å². The van der Waals surface area contributed by atoms with E-state index in [0.717, 1.165) is 18.0 Å². The van der Waals surface area contributed by atoms with Crippen LogP contribution >= 0.6 is 0 Å². The van der Waals surface area contributed by atoms with Crippen LogP contribution in [-0.4, -0.2) is 18.5 Å². The normalized spacial score (nSPS) is 12.2. The third kappa shape index (κ3) is 6.06. The molecule has 0 spiro atoms. The zero-order valence-corrected chi connectivity index (χ0v) is 13.7. The van der Waals surface area contributed by atoms with E-state index in [2.05, 4.69) is 31.4 Å². The molecule has 4 nitrogen and oxygen atoms in total. The summed E-state index contributed by atoms with van der Waals surface area (Å²) < 4.78 is 0. The van der Waals surface area contributed by atoms with Gasteiger partial charge in [0.1, 0.15) is 0 Å². The summed E-state index contributed by atoms with van der Waals surface area (Å²) >= 11 is 0. The van der Waals surface area contributed by atoms with E-state index in [-0.39, 0.29) is 5.91 Å². The lowest BCUT2D eigenvalue weighted by molar-refractivity contribution is 0.0956. The van der Waals surface area contributed by atoms with Crippen molar-refractivity contribution in [1.82, 2.24) is 5.32 Å². The second kappa shape index (κ2) is 8.55. The lowest BCUT2D eigenvalue weighted by Gasteiger charge is -2.17. The number of amides is 1. The van der Waals surface area contributed by atoms with Crippen molar-refractivity contribution in [2.45, 2.75) is 53.0 Å². The molecule has 0 saturated heterocycles. The number of nitrogens with two attached hydrogens (primary N) is 1. The van der Waals surface area contributed by atoms with Crippen LogP contribution in [0.3, 0.4) is 0 Å². The van der Waals surface area contributed by atoms with Crippen LogP contribution in [0, 0.1) is 5.92 Å². The number of hydrogen-bond acceptors (Lipinski definition) is 3. The van der Waals surface area contributed by atoms with Crippen LogP contribution in [0.5, 0.6) is 0 Å². The molecule has 0 bridgehead atoms. The lowest BCUT2D eigenvalue weighted by atomic mass is 10.0. The largest absolute Gasteiger partial charge is 0.397 e. The fourth-order valence-corrected chi connectivity index (χ4v) is 2.27. The van der Waals surface area contributed by atoms with Crippen molar-refractivity contribution in [2.24, 2.45) is 5.92 Å². The second-order valence-electron chi connectivity index (χ2n) is 6.03. The Morgan fingerprint density at radius 1 is 1.24 bits per heavy atom. The van der Waals surface area contributed by atoms with Gasteiger partial charge in [-0.1, -0.05) is 26.7 Å². The van der Waals surface area contributed by atoms with E-state index in [1.807, 2.05) is 19.1 Å². The minimum Gasteiger partial charge on any atom is -0.397 e. The van der Waals surface area contributed by atoms with E-state index in [1.165, 1.54) is 12.8 Å². The van der Waals surface area contributed by atoms with Gasteiger partial charge in [-0.05, 0) is 44.4 Å². The molecule has 1 aromatic carbocycles. The Morgan fingerprint density at radius 3 is 2.52 bits per heavy atom. The first-order valence-corrected chi connectivity index (χ1v) is 7.88. The molecule has 1 aromatic rings. The molecular formula is C17H29N3O. The molecule has 0 aliphatic rings. The number of hydrogen-bond donors (Lipinski definition) is 3. The molecule has 1 unspecified atom stereocenters.